The van der Waals surface area contributed by atoms with Crippen LogP contribution in [0.3, 0.4) is 0 Å². The lowest BCUT2D eigenvalue weighted by Crippen LogP contribution is -2.46. The molecule has 26 heavy (non-hydrogen) atoms. The molecule has 0 aromatic heterocycles. The summed E-state index contributed by atoms with van der Waals surface area (Å²) in [6.07, 6.45) is -0.280. The van der Waals surface area contributed by atoms with E-state index in [4.69, 9.17) is 10.5 Å². The van der Waals surface area contributed by atoms with Crippen molar-refractivity contribution in [1.82, 2.24) is 4.90 Å². The van der Waals surface area contributed by atoms with Crippen molar-refractivity contribution in [2.75, 3.05) is 24.2 Å². The fourth-order valence-corrected chi connectivity index (χ4v) is 2.99. The number of hydrogen-bond acceptors (Lipinski definition) is 4. The SMILES string of the molecule is CC(=O)Nc1ccc2c(c1)NC(CN(C)C(N)=O)C(c1ccccc1)O2. The third kappa shape index (κ3) is 3.88. The lowest BCUT2D eigenvalue weighted by atomic mass is 9.99. The number of benzene rings is 2. The number of anilines is 2. The van der Waals surface area contributed by atoms with Gasteiger partial charge in [0, 0.05) is 26.2 Å². The smallest absolute Gasteiger partial charge is 0.314 e. The molecule has 1 heterocycles. The summed E-state index contributed by atoms with van der Waals surface area (Å²) in [4.78, 5) is 24.2. The van der Waals surface area contributed by atoms with Gasteiger partial charge >= 0.3 is 6.03 Å². The second kappa shape index (κ2) is 7.35. The van der Waals surface area contributed by atoms with E-state index < -0.39 is 6.03 Å². The first-order valence-corrected chi connectivity index (χ1v) is 8.34. The molecule has 2 aromatic rings. The number of ether oxygens (including phenoxy) is 1. The van der Waals surface area contributed by atoms with E-state index in [1.807, 2.05) is 42.5 Å². The summed E-state index contributed by atoms with van der Waals surface area (Å²) >= 11 is 0. The van der Waals surface area contributed by atoms with Crippen molar-refractivity contribution >= 4 is 23.3 Å². The van der Waals surface area contributed by atoms with Crippen LogP contribution in [-0.2, 0) is 4.79 Å². The Kier molecular flexibility index (Phi) is 4.97. The van der Waals surface area contributed by atoms with Crippen molar-refractivity contribution in [2.45, 2.75) is 19.1 Å². The standard InChI is InChI=1S/C19H22N4O3/c1-12(24)21-14-8-9-17-15(10-14)22-16(11-23(2)19(20)25)18(26-17)13-6-4-3-5-7-13/h3-10,16,18,22H,11H2,1-2H3,(H2,20,25)(H,21,24). The molecule has 0 bridgehead atoms. The number of amides is 3. The molecule has 0 saturated carbocycles. The molecule has 0 aliphatic carbocycles. The molecule has 7 heteroatoms. The molecule has 136 valence electrons. The molecule has 2 aromatic carbocycles. The van der Waals surface area contributed by atoms with Crippen molar-refractivity contribution in [2.24, 2.45) is 5.73 Å². The Morgan fingerprint density at radius 2 is 1.96 bits per heavy atom. The number of urea groups is 1. The van der Waals surface area contributed by atoms with Gasteiger partial charge < -0.3 is 26.0 Å². The number of fused-ring (bicyclic) bond motifs is 1. The number of carbonyl (C=O) groups is 2. The number of nitrogens with one attached hydrogen (secondary N) is 2. The summed E-state index contributed by atoms with van der Waals surface area (Å²) in [5, 5.41) is 6.17. The monoisotopic (exact) mass is 354 g/mol. The summed E-state index contributed by atoms with van der Waals surface area (Å²) in [6, 6.07) is 14.5. The Morgan fingerprint density at radius 3 is 2.62 bits per heavy atom. The molecule has 2 unspecified atom stereocenters. The van der Waals surface area contributed by atoms with Crippen LogP contribution in [0.2, 0.25) is 0 Å². The number of rotatable bonds is 4. The van der Waals surface area contributed by atoms with Crippen LogP contribution in [0.15, 0.2) is 48.5 Å². The van der Waals surface area contributed by atoms with Gasteiger partial charge in [-0.3, -0.25) is 4.79 Å². The summed E-state index contributed by atoms with van der Waals surface area (Å²) in [6.45, 7) is 1.83. The van der Waals surface area contributed by atoms with Gasteiger partial charge in [0.1, 0.15) is 11.9 Å². The predicted octanol–water partition coefficient (Wildman–Crippen LogP) is 2.57. The van der Waals surface area contributed by atoms with Crippen LogP contribution in [0, 0.1) is 0 Å². The van der Waals surface area contributed by atoms with Crippen LogP contribution >= 0.6 is 0 Å². The van der Waals surface area contributed by atoms with Crippen molar-refractivity contribution in [3.05, 3.63) is 54.1 Å². The van der Waals surface area contributed by atoms with E-state index in [1.165, 1.54) is 11.8 Å². The highest BCUT2D eigenvalue weighted by atomic mass is 16.5. The summed E-state index contributed by atoms with van der Waals surface area (Å²) < 4.78 is 6.22. The third-order valence-electron chi connectivity index (χ3n) is 4.24. The van der Waals surface area contributed by atoms with Crippen LogP contribution in [0.1, 0.15) is 18.6 Å². The van der Waals surface area contributed by atoms with Gasteiger partial charge in [-0.1, -0.05) is 30.3 Å². The molecule has 7 nitrogen and oxygen atoms in total. The first kappa shape index (κ1) is 17.6. The minimum Gasteiger partial charge on any atom is -0.481 e. The Morgan fingerprint density at radius 1 is 1.23 bits per heavy atom. The molecule has 1 aliphatic rings. The molecule has 4 N–H and O–H groups in total. The van der Waals surface area contributed by atoms with E-state index in [0.717, 1.165) is 11.3 Å². The first-order chi connectivity index (χ1) is 12.4. The molecule has 1 aliphatic heterocycles. The first-order valence-electron chi connectivity index (χ1n) is 8.34. The summed E-state index contributed by atoms with van der Waals surface area (Å²) in [5.74, 6) is 0.541. The van der Waals surface area contributed by atoms with Gasteiger partial charge in [-0.2, -0.15) is 0 Å². The number of likely N-dealkylation sites (N-methyl/N-ethyl adjacent to an activating group) is 1. The molecule has 0 saturated heterocycles. The number of primary amides is 1. The minimum atomic E-state index is -0.503. The van der Waals surface area contributed by atoms with E-state index in [0.29, 0.717) is 18.0 Å². The zero-order valence-corrected chi connectivity index (χ0v) is 14.7. The van der Waals surface area contributed by atoms with Crippen LogP contribution in [0.4, 0.5) is 16.2 Å². The summed E-state index contributed by atoms with van der Waals surface area (Å²) in [7, 11) is 1.65. The maximum atomic E-state index is 11.5. The topological polar surface area (TPSA) is 96.7 Å². The second-order valence-electron chi connectivity index (χ2n) is 6.31. The molecule has 3 amide bonds. The Bertz CT molecular complexity index is 810. The highest BCUT2D eigenvalue weighted by molar-refractivity contribution is 5.89. The highest BCUT2D eigenvalue weighted by Crippen LogP contribution is 2.39. The number of nitrogens with zero attached hydrogens (tertiary/aromatic N) is 1. The molecule has 0 fully saturated rings. The highest BCUT2D eigenvalue weighted by Gasteiger charge is 2.32. The van der Waals surface area contributed by atoms with Crippen LogP contribution < -0.4 is 21.1 Å². The largest absolute Gasteiger partial charge is 0.481 e. The maximum absolute atomic E-state index is 11.5. The molecule has 0 radical (unpaired) electrons. The van der Waals surface area contributed by atoms with Crippen molar-refractivity contribution in [3.63, 3.8) is 0 Å². The molecule has 2 atom stereocenters. The molecular formula is C19H22N4O3. The number of hydrogen-bond donors (Lipinski definition) is 3. The van der Waals surface area contributed by atoms with E-state index in [2.05, 4.69) is 10.6 Å². The van der Waals surface area contributed by atoms with E-state index >= 15 is 0 Å². The second-order valence-corrected chi connectivity index (χ2v) is 6.31. The molecule has 0 spiro atoms. The number of carbonyl (C=O) groups excluding carboxylic acids is 2. The van der Waals surface area contributed by atoms with Crippen LogP contribution in [-0.4, -0.2) is 36.5 Å². The minimum absolute atomic E-state index is 0.145. The average molecular weight is 354 g/mol. The van der Waals surface area contributed by atoms with E-state index in [-0.39, 0.29) is 18.1 Å². The third-order valence-corrected chi connectivity index (χ3v) is 4.24. The summed E-state index contributed by atoms with van der Waals surface area (Å²) in [5.41, 5.74) is 7.81. The average Bonchev–Trinajstić information content (AvgIpc) is 2.61. The van der Waals surface area contributed by atoms with Gasteiger partial charge in [0.25, 0.3) is 0 Å². The maximum Gasteiger partial charge on any atom is 0.314 e. The van der Waals surface area contributed by atoms with Crippen LogP contribution in [0.5, 0.6) is 5.75 Å². The normalized spacial score (nSPS) is 18.1. The Labute approximate surface area is 152 Å². The van der Waals surface area contributed by atoms with Gasteiger partial charge in [0.05, 0.1) is 11.7 Å². The number of nitrogens with two attached hydrogens (primary N) is 1. The predicted molar refractivity (Wildman–Crippen MR) is 100 cm³/mol. The fourth-order valence-electron chi connectivity index (χ4n) is 2.99. The van der Waals surface area contributed by atoms with Crippen molar-refractivity contribution < 1.29 is 14.3 Å². The Hall–Kier alpha value is -3.22. The van der Waals surface area contributed by atoms with Gasteiger partial charge in [0.15, 0.2) is 0 Å². The quantitative estimate of drug-likeness (QED) is 0.786. The Balaban J connectivity index is 1.92. The van der Waals surface area contributed by atoms with Gasteiger partial charge in [-0.05, 0) is 23.8 Å². The van der Waals surface area contributed by atoms with Gasteiger partial charge in [0.2, 0.25) is 5.91 Å². The van der Waals surface area contributed by atoms with Gasteiger partial charge in [-0.15, -0.1) is 0 Å². The lowest BCUT2D eigenvalue weighted by molar-refractivity contribution is -0.114. The fraction of sp³-hybridized carbons (Fsp3) is 0.263. The van der Waals surface area contributed by atoms with E-state index in [9.17, 15) is 9.59 Å². The van der Waals surface area contributed by atoms with Crippen molar-refractivity contribution in [1.29, 1.82) is 0 Å². The van der Waals surface area contributed by atoms with Crippen LogP contribution in [0.25, 0.3) is 0 Å². The lowest BCUT2D eigenvalue weighted by Gasteiger charge is -2.37. The zero-order valence-electron chi connectivity index (χ0n) is 14.7. The zero-order chi connectivity index (χ0) is 18.7. The molecular weight excluding hydrogens is 332 g/mol. The van der Waals surface area contributed by atoms with Crippen molar-refractivity contribution in [3.8, 4) is 5.75 Å². The van der Waals surface area contributed by atoms with E-state index in [1.54, 1.807) is 13.1 Å². The van der Waals surface area contributed by atoms with Gasteiger partial charge in [-0.25, -0.2) is 4.79 Å². The molecule has 3 rings (SSSR count).